The third kappa shape index (κ3) is 3.54. The highest BCUT2D eigenvalue weighted by molar-refractivity contribution is 7.90. The molecule has 0 atom stereocenters. The number of rotatable bonds is 5. The van der Waals surface area contributed by atoms with Crippen molar-refractivity contribution in [3.8, 4) is 0 Å². The Balaban J connectivity index is 2.32. The van der Waals surface area contributed by atoms with Crippen LogP contribution in [0.25, 0.3) is 0 Å². The smallest absolute Gasteiger partial charge is 0.270 e. The van der Waals surface area contributed by atoms with Gasteiger partial charge in [0.15, 0.2) is 15.7 Å². The fourth-order valence-electron chi connectivity index (χ4n) is 1.66. The van der Waals surface area contributed by atoms with E-state index in [-0.39, 0.29) is 22.8 Å². The molecule has 0 radical (unpaired) electrons. The Kier molecular flexibility index (Phi) is 3.89. The molecule has 1 aromatic carbocycles. The number of hydrogen-bond donors (Lipinski definition) is 1. The van der Waals surface area contributed by atoms with Gasteiger partial charge in [0.2, 0.25) is 5.89 Å². The van der Waals surface area contributed by atoms with E-state index in [0.717, 1.165) is 12.3 Å². The predicted molar refractivity (Wildman–Crippen MR) is 72.6 cm³/mol. The second-order valence-electron chi connectivity index (χ2n) is 4.29. The van der Waals surface area contributed by atoms with E-state index in [9.17, 15) is 18.5 Å². The molecule has 0 aliphatic carbocycles. The van der Waals surface area contributed by atoms with E-state index in [1.54, 1.807) is 6.92 Å². The zero-order chi connectivity index (χ0) is 15.6. The van der Waals surface area contributed by atoms with Crippen molar-refractivity contribution in [2.45, 2.75) is 18.4 Å². The van der Waals surface area contributed by atoms with Gasteiger partial charge in [-0.15, -0.1) is 0 Å². The lowest BCUT2D eigenvalue weighted by atomic mass is 10.3. The first-order chi connectivity index (χ1) is 9.77. The molecule has 0 fully saturated rings. The standard InChI is InChI=1S/C11H12N4O5S/c1-7-13-11(14-20-7)6-12-9-4-3-8(15(16)17)5-10(9)21(2,18)19/h3-5,12H,6H2,1-2H3. The molecule has 1 N–H and O–H groups in total. The molecule has 0 bridgehead atoms. The number of aryl methyl sites for hydroxylation is 1. The van der Waals surface area contributed by atoms with Crippen molar-refractivity contribution in [1.82, 2.24) is 10.1 Å². The summed E-state index contributed by atoms with van der Waals surface area (Å²) in [6.45, 7) is 1.77. The van der Waals surface area contributed by atoms with Crippen molar-refractivity contribution >= 4 is 21.2 Å². The lowest BCUT2D eigenvalue weighted by Gasteiger charge is -2.09. The predicted octanol–water partition coefficient (Wildman–Crippen LogP) is 1.30. The number of nitrogens with one attached hydrogen (secondary N) is 1. The van der Waals surface area contributed by atoms with Gasteiger partial charge in [-0.2, -0.15) is 4.98 Å². The fourth-order valence-corrected chi connectivity index (χ4v) is 2.54. The first kappa shape index (κ1) is 14.9. The maximum atomic E-state index is 11.7. The number of hydrogen-bond acceptors (Lipinski definition) is 8. The number of nitro groups is 1. The summed E-state index contributed by atoms with van der Waals surface area (Å²) in [7, 11) is -3.62. The highest BCUT2D eigenvalue weighted by Gasteiger charge is 2.18. The summed E-state index contributed by atoms with van der Waals surface area (Å²) in [6, 6.07) is 3.57. The highest BCUT2D eigenvalue weighted by Crippen LogP contribution is 2.26. The van der Waals surface area contributed by atoms with Crippen LogP contribution in [0, 0.1) is 17.0 Å². The van der Waals surface area contributed by atoms with Crippen LogP contribution in [0.4, 0.5) is 11.4 Å². The summed E-state index contributed by atoms with van der Waals surface area (Å²) in [4.78, 5) is 13.9. The normalized spacial score (nSPS) is 11.3. The molecule has 21 heavy (non-hydrogen) atoms. The zero-order valence-electron chi connectivity index (χ0n) is 11.2. The summed E-state index contributed by atoms with van der Waals surface area (Å²) in [5.41, 5.74) is -0.0538. The van der Waals surface area contributed by atoms with Crippen molar-refractivity contribution in [3.05, 3.63) is 40.0 Å². The van der Waals surface area contributed by atoms with Crippen LogP contribution in [0.15, 0.2) is 27.6 Å². The molecule has 9 nitrogen and oxygen atoms in total. The maximum Gasteiger partial charge on any atom is 0.270 e. The molecule has 0 saturated heterocycles. The average Bonchev–Trinajstić information content (AvgIpc) is 2.81. The Hall–Kier alpha value is -2.49. The molecular formula is C11H12N4O5S. The summed E-state index contributed by atoms with van der Waals surface area (Å²) in [6.07, 6.45) is 0.982. The van der Waals surface area contributed by atoms with E-state index in [1.807, 2.05) is 0 Å². The third-order valence-corrected chi connectivity index (χ3v) is 3.72. The molecule has 0 aliphatic heterocycles. The number of aromatic nitrogens is 2. The Morgan fingerprint density at radius 2 is 2.14 bits per heavy atom. The Labute approximate surface area is 120 Å². The molecule has 0 saturated carbocycles. The maximum absolute atomic E-state index is 11.7. The molecule has 0 unspecified atom stereocenters. The van der Waals surface area contributed by atoms with Crippen molar-refractivity contribution in [2.24, 2.45) is 0 Å². The van der Waals surface area contributed by atoms with Crippen LogP contribution in [0.2, 0.25) is 0 Å². The summed E-state index contributed by atoms with van der Waals surface area (Å²) in [5.74, 6) is 0.740. The highest BCUT2D eigenvalue weighted by atomic mass is 32.2. The second kappa shape index (κ2) is 5.48. The number of nitrogens with zero attached hydrogens (tertiary/aromatic N) is 3. The van der Waals surface area contributed by atoms with Crippen LogP contribution in [0.3, 0.4) is 0 Å². The SMILES string of the molecule is Cc1nc(CNc2ccc([N+](=O)[O-])cc2S(C)(=O)=O)no1. The lowest BCUT2D eigenvalue weighted by molar-refractivity contribution is -0.385. The number of non-ortho nitro benzene ring substituents is 1. The van der Waals surface area contributed by atoms with Crippen LogP contribution in [0.1, 0.15) is 11.7 Å². The van der Waals surface area contributed by atoms with Gasteiger partial charge in [-0.3, -0.25) is 10.1 Å². The van der Waals surface area contributed by atoms with Crippen molar-refractivity contribution in [1.29, 1.82) is 0 Å². The van der Waals surface area contributed by atoms with Crippen LogP contribution in [-0.2, 0) is 16.4 Å². The van der Waals surface area contributed by atoms with E-state index in [4.69, 9.17) is 4.52 Å². The van der Waals surface area contributed by atoms with E-state index < -0.39 is 14.8 Å². The molecule has 0 amide bonds. The third-order valence-electron chi connectivity index (χ3n) is 2.58. The zero-order valence-corrected chi connectivity index (χ0v) is 12.0. The Morgan fingerprint density at radius 3 is 2.67 bits per heavy atom. The van der Waals surface area contributed by atoms with Crippen LogP contribution in [0.5, 0.6) is 0 Å². The number of benzene rings is 1. The lowest BCUT2D eigenvalue weighted by Crippen LogP contribution is -2.07. The van der Waals surface area contributed by atoms with Crippen molar-refractivity contribution in [2.75, 3.05) is 11.6 Å². The summed E-state index contributed by atoms with van der Waals surface area (Å²) in [5, 5.41) is 17.2. The minimum Gasteiger partial charge on any atom is -0.377 e. The summed E-state index contributed by atoms with van der Waals surface area (Å²) < 4.78 is 28.3. The monoisotopic (exact) mass is 312 g/mol. The van der Waals surface area contributed by atoms with Gasteiger partial charge in [0, 0.05) is 25.3 Å². The van der Waals surface area contributed by atoms with Gasteiger partial charge in [0.1, 0.15) is 0 Å². The van der Waals surface area contributed by atoms with Gasteiger partial charge in [0.05, 0.1) is 22.1 Å². The van der Waals surface area contributed by atoms with Crippen molar-refractivity contribution in [3.63, 3.8) is 0 Å². The summed E-state index contributed by atoms with van der Waals surface area (Å²) >= 11 is 0. The number of nitro benzene ring substituents is 1. The van der Waals surface area contributed by atoms with Gasteiger partial charge in [-0.25, -0.2) is 8.42 Å². The van der Waals surface area contributed by atoms with Gasteiger partial charge < -0.3 is 9.84 Å². The number of sulfone groups is 1. The van der Waals surface area contributed by atoms with Gasteiger partial charge in [-0.1, -0.05) is 5.16 Å². The molecule has 112 valence electrons. The van der Waals surface area contributed by atoms with Crippen LogP contribution >= 0.6 is 0 Å². The molecule has 1 aromatic heterocycles. The quantitative estimate of drug-likeness (QED) is 0.646. The molecule has 0 aliphatic rings. The van der Waals surface area contributed by atoms with E-state index in [1.165, 1.54) is 12.1 Å². The molecule has 2 rings (SSSR count). The Bertz CT molecular complexity index is 784. The van der Waals surface area contributed by atoms with Crippen molar-refractivity contribution < 1.29 is 17.9 Å². The minimum absolute atomic E-state index is 0.137. The largest absolute Gasteiger partial charge is 0.377 e. The molecule has 2 aromatic rings. The molecule has 1 heterocycles. The Morgan fingerprint density at radius 1 is 1.43 bits per heavy atom. The topological polar surface area (TPSA) is 128 Å². The van der Waals surface area contributed by atoms with Gasteiger partial charge >= 0.3 is 0 Å². The number of anilines is 1. The molecule has 10 heteroatoms. The van der Waals surface area contributed by atoms with Crippen LogP contribution < -0.4 is 5.32 Å². The van der Waals surface area contributed by atoms with E-state index >= 15 is 0 Å². The van der Waals surface area contributed by atoms with E-state index in [0.29, 0.717) is 11.7 Å². The first-order valence-electron chi connectivity index (χ1n) is 5.79. The van der Waals surface area contributed by atoms with E-state index in [2.05, 4.69) is 15.5 Å². The fraction of sp³-hybridized carbons (Fsp3) is 0.273. The average molecular weight is 312 g/mol. The van der Waals surface area contributed by atoms with Crippen LogP contribution in [-0.4, -0.2) is 29.7 Å². The molecule has 0 spiro atoms. The molecular weight excluding hydrogens is 300 g/mol. The van der Waals surface area contributed by atoms with Gasteiger partial charge in [0.25, 0.3) is 5.69 Å². The first-order valence-corrected chi connectivity index (χ1v) is 7.68. The van der Waals surface area contributed by atoms with Gasteiger partial charge in [-0.05, 0) is 6.07 Å². The second-order valence-corrected chi connectivity index (χ2v) is 6.28. The minimum atomic E-state index is -3.62.